The van der Waals surface area contributed by atoms with Crippen LogP contribution in [0.1, 0.15) is 5.69 Å². The molecule has 1 aliphatic heterocycles. The van der Waals surface area contributed by atoms with E-state index >= 15 is 0 Å². The SMILES string of the molecule is Nc1ncc2c(n1)C=CNS2. The molecule has 0 aromatic carbocycles. The van der Waals surface area contributed by atoms with Crippen molar-refractivity contribution >= 4 is 24.0 Å². The van der Waals surface area contributed by atoms with Gasteiger partial charge in [0.15, 0.2) is 0 Å². The van der Waals surface area contributed by atoms with Crippen molar-refractivity contribution in [2.45, 2.75) is 4.90 Å². The highest BCUT2D eigenvalue weighted by Gasteiger charge is 2.06. The molecule has 0 spiro atoms. The Bertz CT molecular complexity index is 309. The smallest absolute Gasteiger partial charge is 0.220 e. The molecule has 0 saturated heterocycles. The third kappa shape index (κ3) is 1.14. The second-order valence-corrected chi connectivity index (χ2v) is 2.91. The molecular weight excluding hydrogens is 160 g/mol. The molecule has 11 heavy (non-hydrogen) atoms. The Hall–Kier alpha value is -1.23. The second-order valence-electron chi connectivity index (χ2n) is 2.03. The summed E-state index contributed by atoms with van der Waals surface area (Å²) < 4.78 is 2.98. The highest BCUT2D eigenvalue weighted by molar-refractivity contribution is 7.97. The van der Waals surface area contributed by atoms with E-state index in [4.69, 9.17) is 5.73 Å². The fourth-order valence-electron chi connectivity index (χ4n) is 0.807. The summed E-state index contributed by atoms with van der Waals surface area (Å²) in [6.07, 6.45) is 5.39. The van der Waals surface area contributed by atoms with Crippen molar-refractivity contribution in [3.63, 3.8) is 0 Å². The van der Waals surface area contributed by atoms with E-state index in [1.165, 1.54) is 11.9 Å². The molecule has 0 atom stereocenters. The van der Waals surface area contributed by atoms with Gasteiger partial charge in [0.1, 0.15) is 0 Å². The van der Waals surface area contributed by atoms with Crippen molar-refractivity contribution in [2.24, 2.45) is 0 Å². The minimum absolute atomic E-state index is 0.316. The van der Waals surface area contributed by atoms with Crippen molar-refractivity contribution in [3.05, 3.63) is 18.1 Å². The van der Waals surface area contributed by atoms with Gasteiger partial charge >= 0.3 is 0 Å². The summed E-state index contributed by atoms with van der Waals surface area (Å²) in [6, 6.07) is 0. The normalized spacial score (nSPS) is 13.8. The molecule has 0 bridgehead atoms. The summed E-state index contributed by atoms with van der Waals surface area (Å²) in [5.74, 6) is 0.316. The molecule has 3 N–H and O–H groups in total. The van der Waals surface area contributed by atoms with Crippen LogP contribution in [0.3, 0.4) is 0 Å². The minimum Gasteiger partial charge on any atom is -0.368 e. The zero-order chi connectivity index (χ0) is 7.68. The first-order valence-corrected chi connectivity index (χ1v) is 3.89. The van der Waals surface area contributed by atoms with Gasteiger partial charge in [0.25, 0.3) is 0 Å². The van der Waals surface area contributed by atoms with Gasteiger partial charge in [-0.1, -0.05) is 0 Å². The summed E-state index contributed by atoms with van der Waals surface area (Å²) in [5.41, 5.74) is 6.27. The van der Waals surface area contributed by atoms with Gasteiger partial charge in [-0.25, -0.2) is 9.97 Å². The first-order valence-electron chi connectivity index (χ1n) is 3.08. The highest BCUT2D eigenvalue weighted by Crippen LogP contribution is 2.22. The van der Waals surface area contributed by atoms with Gasteiger partial charge in [-0.15, -0.1) is 0 Å². The van der Waals surface area contributed by atoms with E-state index in [9.17, 15) is 0 Å². The summed E-state index contributed by atoms with van der Waals surface area (Å²) >= 11 is 1.48. The Morgan fingerprint density at radius 1 is 1.55 bits per heavy atom. The predicted octanol–water partition coefficient (Wildman–Crippen LogP) is 0.640. The maximum absolute atomic E-state index is 5.40. The van der Waals surface area contributed by atoms with Crippen LogP contribution in [0.2, 0.25) is 0 Å². The molecule has 0 amide bonds. The number of anilines is 1. The molecule has 0 unspecified atom stereocenters. The third-order valence-electron chi connectivity index (χ3n) is 1.28. The number of nitrogens with zero attached hydrogens (tertiary/aromatic N) is 2. The van der Waals surface area contributed by atoms with E-state index in [-0.39, 0.29) is 0 Å². The zero-order valence-corrected chi connectivity index (χ0v) is 6.43. The Morgan fingerprint density at radius 3 is 3.36 bits per heavy atom. The quantitative estimate of drug-likeness (QED) is 0.554. The van der Waals surface area contributed by atoms with Gasteiger partial charge in [0.05, 0.1) is 10.6 Å². The van der Waals surface area contributed by atoms with Crippen LogP contribution >= 0.6 is 11.9 Å². The number of aromatic nitrogens is 2. The molecule has 4 nitrogen and oxygen atoms in total. The Balaban J connectivity index is 2.54. The minimum atomic E-state index is 0.316. The lowest BCUT2D eigenvalue weighted by atomic mass is 10.4. The molecule has 2 rings (SSSR count). The van der Waals surface area contributed by atoms with E-state index in [0.29, 0.717) is 5.95 Å². The molecule has 1 aromatic rings. The van der Waals surface area contributed by atoms with E-state index < -0.39 is 0 Å². The van der Waals surface area contributed by atoms with Crippen LogP contribution in [0.4, 0.5) is 5.95 Å². The topological polar surface area (TPSA) is 63.8 Å². The lowest BCUT2D eigenvalue weighted by Crippen LogP contribution is -2.03. The van der Waals surface area contributed by atoms with Crippen LogP contribution in [0.15, 0.2) is 17.3 Å². The van der Waals surface area contributed by atoms with E-state index in [2.05, 4.69) is 14.7 Å². The fourth-order valence-corrected chi connectivity index (χ4v) is 1.39. The average molecular weight is 166 g/mol. The van der Waals surface area contributed by atoms with Gasteiger partial charge in [0.2, 0.25) is 5.95 Å². The van der Waals surface area contributed by atoms with E-state index in [1.54, 1.807) is 6.20 Å². The molecule has 0 radical (unpaired) electrons. The first-order chi connectivity index (χ1) is 5.36. The van der Waals surface area contributed by atoms with Crippen molar-refractivity contribution in [3.8, 4) is 0 Å². The first kappa shape index (κ1) is 6.48. The van der Waals surface area contributed by atoms with Gasteiger partial charge in [-0.3, -0.25) is 0 Å². The molecule has 0 fully saturated rings. The van der Waals surface area contributed by atoms with Crippen LogP contribution < -0.4 is 10.5 Å². The molecule has 56 valence electrons. The maximum Gasteiger partial charge on any atom is 0.220 e. The summed E-state index contributed by atoms with van der Waals surface area (Å²) in [5, 5.41) is 0. The number of fused-ring (bicyclic) bond motifs is 1. The fraction of sp³-hybridized carbons (Fsp3) is 0. The van der Waals surface area contributed by atoms with Gasteiger partial charge < -0.3 is 10.5 Å². The number of hydrogen-bond acceptors (Lipinski definition) is 5. The van der Waals surface area contributed by atoms with Crippen LogP contribution in [0.5, 0.6) is 0 Å². The molecule has 1 aliphatic rings. The Labute approximate surface area is 68.1 Å². The monoisotopic (exact) mass is 166 g/mol. The molecule has 0 aliphatic carbocycles. The molecule has 5 heteroatoms. The molecule has 0 saturated carbocycles. The van der Waals surface area contributed by atoms with E-state index in [1.807, 2.05) is 12.3 Å². The summed E-state index contributed by atoms with van der Waals surface area (Å²) in [7, 11) is 0. The summed E-state index contributed by atoms with van der Waals surface area (Å²) in [4.78, 5) is 8.90. The van der Waals surface area contributed by atoms with Crippen molar-refractivity contribution in [2.75, 3.05) is 5.73 Å². The standard InChI is InChI=1S/C6H6N4S/c7-6-8-3-5-4(10-6)1-2-9-11-5/h1-3,9H,(H2,7,8,10). The zero-order valence-electron chi connectivity index (χ0n) is 5.61. The van der Waals surface area contributed by atoms with Gasteiger partial charge in [-0.2, -0.15) is 0 Å². The van der Waals surface area contributed by atoms with Crippen LogP contribution in [-0.4, -0.2) is 9.97 Å². The Morgan fingerprint density at radius 2 is 2.45 bits per heavy atom. The Kier molecular flexibility index (Phi) is 1.43. The summed E-state index contributed by atoms with van der Waals surface area (Å²) in [6.45, 7) is 0. The number of hydrogen-bond donors (Lipinski definition) is 2. The number of rotatable bonds is 0. The van der Waals surface area contributed by atoms with E-state index in [0.717, 1.165) is 10.6 Å². The molecule has 2 heterocycles. The van der Waals surface area contributed by atoms with Crippen molar-refractivity contribution < 1.29 is 0 Å². The largest absolute Gasteiger partial charge is 0.368 e. The molecular formula is C6H6N4S. The van der Waals surface area contributed by atoms with Crippen molar-refractivity contribution in [1.82, 2.24) is 14.7 Å². The van der Waals surface area contributed by atoms with Gasteiger partial charge in [-0.05, 0) is 18.0 Å². The van der Waals surface area contributed by atoms with Crippen molar-refractivity contribution in [1.29, 1.82) is 0 Å². The number of nitrogens with one attached hydrogen (secondary N) is 1. The van der Waals surface area contributed by atoms with Crippen LogP contribution in [-0.2, 0) is 0 Å². The van der Waals surface area contributed by atoms with Crippen LogP contribution in [0.25, 0.3) is 6.08 Å². The average Bonchev–Trinajstić information content (AvgIpc) is 2.04. The number of nitrogens with two attached hydrogens (primary N) is 1. The number of nitrogen functional groups attached to an aromatic ring is 1. The second kappa shape index (κ2) is 2.43. The van der Waals surface area contributed by atoms with Crippen LogP contribution in [0, 0.1) is 0 Å². The molecule has 1 aromatic heterocycles. The third-order valence-corrected chi connectivity index (χ3v) is 2.07. The predicted molar refractivity (Wildman–Crippen MR) is 44.5 cm³/mol. The highest BCUT2D eigenvalue weighted by atomic mass is 32.2. The lowest BCUT2D eigenvalue weighted by Gasteiger charge is -2.08. The van der Waals surface area contributed by atoms with Gasteiger partial charge in [0, 0.05) is 12.4 Å². The maximum atomic E-state index is 5.40. The lowest BCUT2D eigenvalue weighted by molar-refractivity contribution is 1.08.